The molecule has 1 heterocycles. The van der Waals surface area contributed by atoms with E-state index in [1.165, 1.54) is 16.0 Å². The van der Waals surface area contributed by atoms with E-state index in [0.29, 0.717) is 6.54 Å². The predicted octanol–water partition coefficient (Wildman–Crippen LogP) is 0.872. The summed E-state index contributed by atoms with van der Waals surface area (Å²) in [7, 11) is 0. The van der Waals surface area contributed by atoms with Crippen molar-refractivity contribution in [3.63, 3.8) is 0 Å². The lowest BCUT2D eigenvalue weighted by Crippen LogP contribution is -3.16. The molecule has 4 nitrogen and oxygen atoms in total. The number of ether oxygens (including phenoxy) is 1. The van der Waals surface area contributed by atoms with Gasteiger partial charge in [-0.15, -0.1) is 0 Å². The molecule has 0 saturated carbocycles. The molecular weight excluding hydrogens is 276 g/mol. The molecule has 1 aromatic carbocycles. The van der Waals surface area contributed by atoms with Gasteiger partial charge in [0.1, 0.15) is 25.3 Å². The van der Waals surface area contributed by atoms with Gasteiger partial charge in [0.2, 0.25) is 0 Å². The number of quaternary nitrogens is 1. The van der Waals surface area contributed by atoms with Crippen molar-refractivity contribution >= 4 is 5.91 Å². The van der Waals surface area contributed by atoms with Crippen LogP contribution in [0.5, 0.6) is 0 Å². The van der Waals surface area contributed by atoms with E-state index in [0.717, 1.165) is 32.4 Å². The molecule has 1 amide bonds. The van der Waals surface area contributed by atoms with Crippen LogP contribution in [0.3, 0.4) is 0 Å². The van der Waals surface area contributed by atoms with Crippen LogP contribution >= 0.6 is 0 Å². The maximum absolute atomic E-state index is 12.4. The molecular formula is C18H27N2O2+. The molecule has 0 unspecified atom stereocenters. The van der Waals surface area contributed by atoms with E-state index < -0.39 is 0 Å². The Morgan fingerprint density at radius 2 is 2.00 bits per heavy atom. The lowest BCUT2D eigenvalue weighted by Gasteiger charge is -2.32. The van der Waals surface area contributed by atoms with Crippen molar-refractivity contribution in [2.24, 2.45) is 0 Å². The van der Waals surface area contributed by atoms with E-state index >= 15 is 0 Å². The zero-order chi connectivity index (χ0) is 15.5. The van der Waals surface area contributed by atoms with Gasteiger partial charge in [-0.3, -0.25) is 4.79 Å². The van der Waals surface area contributed by atoms with E-state index in [1.54, 1.807) is 0 Å². The summed E-state index contributed by atoms with van der Waals surface area (Å²) < 4.78 is 5.74. The van der Waals surface area contributed by atoms with Crippen LogP contribution in [0.1, 0.15) is 43.9 Å². The second kappa shape index (κ2) is 6.80. The number of aryl methyl sites for hydroxylation is 1. The topological polar surface area (TPSA) is 42.8 Å². The molecule has 120 valence electrons. The van der Waals surface area contributed by atoms with Gasteiger partial charge in [-0.2, -0.15) is 0 Å². The number of rotatable bonds is 3. The maximum Gasteiger partial charge on any atom is 0.275 e. The van der Waals surface area contributed by atoms with Crippen LogP contribution in [0.4, 0.5) is 0 Å². The molecule has 2 N–H and O–H groups in total. The van der Waals surface area contributed by atoms with Gasteiger partial charge in [0, 0.05) is 0 Å². The number of carbonyl (C=O) groups is 1. The maximum atomic E-state index is 12.4. The molecule has 1 fully saturated rings. The number of benzene rings is 1. The number of hydrogen-bond acceptors (Lipinski definition) is 2. The quantitative estimate of drug-likeness (QED) is 0.870. The van der Waals surface area contributed by atoms with Crippen molar-refractivity contribution < 1.29 is 14.4 Å². The summed E-state index contributed by atoms with van der Waals surface area (Å²) in [5, 5.41) is 3.25. The predicted molar refractivity (Wildman–Crippen MR) is 85.8 cm³/mol. The Labute approximate surface area is 132 Å². The minimum Gasteiger partial charge on any atom is -0.364 e. The molecule has 0 radical (unpaired) electrons. The van der Waals surface area contributed by atoms with Crippen LogP contribution in [0.25, 0.3) is 0 Å². The molecule has 0 bridgehead atoms. The third-order valence-electron chi connectivity index (χ3n) is 4.73. The van der Waals surface area contributed by atoms with Gasteiger partial charge in [0.05, 0.1) is 6.04 Å². The van der Waals surface area contributed by atoms with Crippen molar-refractivity contribution in [1.29, 1.82) is 0 Å². The Morgan fingerprint density at radius 3 is 2.77 bits per heavy atom. The average Bonchev–Trinajstić information content (AvgIpc) is 2.46. The molecule has 2 aliphatic rings. The van der Waals surface area contributed by atoms with E-state index in [1.807, 2.05) is 0 Å². The molecule has 1 saturated heterocycles. The summed E-state index contributed by atoms with van der Waals surface area (Å²) in [6.45, 7) is 6.56. The SMILES string of the molecule is C[C@@H]1C[NH+](CC(=O)N[C@@H]2CCCc3ccccc32)C[C@@H](C)O1. The minimum absolute atomic E-state index is 0.165. The fourth-order valence-electron chi connectivity index (χ4n) is 3.91. The molecule has 3 atom stereocenters. The highest BCUT2D eigenvalue weighted by molar-refractivity contribution is 5.77. The Balaban J connectivity index is 1.58. The molecule has 1 aromatic rings. The lowest BCUT2D eigenvalue weighted by molar-refractivity contribution is -0.907. The number of fused-ring (bicyclic) bond motifs is 1. The molecule has 22 heavy (non-hydrogen) atoms. The zero-order valence-electron chi connectivity index (χ0n) is 13.6. The average molecular weight is 303 g/mol. The first-order valence-corrected chi connectivity index (χ1v) is 8.48. The van der Waals surface area contributed by atoms with Crippen molar-refractivity contribution in [2.75, 3.05) is 19.6 Å². The van der Waals surface area contributed by atoms with Crippen molar-refractivity contribution in [2.45, 2.75) is 51.4 Å². The molecule has 0 aromatic heterocycles. The van der Waals surface area contributed by atoms with Crippen LogP contribution in [0.15, 0.2) is 24.3 Å². The van der Waals surface area contributed by atoms with E-state index in [9.17, 15) is 4.79 Å². The highest BCUT2D eigenvalue weighted by Gasteiger charge is 2.28. The fourth-order valence-corrected chi connectivity index (χ4v) is 3.91. The summed E-state index contributed by atoms with van der Waals surface area (Å²) in [5.74, 6) is 0.165. The second-order valence-electron chi connectivity index (χ2n) is 6.80. The molecule has 3 rings (SSSR count). The lowest BCUT2D eigenvalue weighted by atomic mass is 9.88. The van der Waals surface area contributed by atoms with Crippen LogP contribution in [0.2, 0.25) is 0 Å². The normalized spacial score (nSPS) is 31.4. The van der Waals surface area contributed by atoms with Gasteiger partial charge in [0.25, 0.3) is 5.91 Å². The Hall–Kier alpha value is -1.39. The Bertz CT molecular complexity index is 522. The summed E-state index contributed by atoms with van der Waals surface area (Å²) >= 11 is 0. The van der Waals surface area contributed by atoms with Gasteiger partial charge in [-0.25, -0.2) is 0 Å². The fraction of sp³-hybridized carbons (Fsp3) is 0.611. The summed E-state index contributed by atoms with van der Waals surface area (Å²) in [4.78, 5) is 13.8. The van der Waals surface area contributed by atoms with Crippen molar-refractivity contribution in [1.82, 2.24) is 5.32 Å². The molecule has 0 spiro atoms. The van der Waals surface area contributed by atoms with Gasteiger partial charge in [0.15, 0.2) is 6.54 Å². The van der Waals surface area contributed by atoms with Gasteiger partial charge in [-0.1, -0.05) is 24.3 Å². The number of nitrogens with one attached hydrogen (secondary N) is 2. The molecule has 1 aliphatic carbocycles. The number of amides is 1. The van der Waals surface area contributed by atoms with Gasteiger partial charge in [-0.05, 0) is 44.2 Å². The number of morpholine rings is 1. The third-order valence-corrected chi connectivity index (χ3v) is 4.73. The molecule has 1 aliphatic heterocycles. The Morgan fingerprint density at radius 1 is 1.27 bits per heavy atom. The van der Waals surface area contributed by atoms with E-state index in [4.69, 9.17) is 4.74 Å². The number of hydrogen-bond donors (Lipinski definition) is 2. The van der Waals surface area contributed by atoms with Crippen LogP contribution in [-0.4, -0.2) is 37.7 Å². The zero-order valence-corrected chi connectivity index (χ0v) is 13.6. The van der Waals surface area contributed by atoms with E-state index in [-0.39, 0.29) is 24.2 Å². The standard InChI is InChI=1S/C18H26N2O2/c1-13-10-20(11-14(2)22-13)12-18(21)19-17-9-5-7-15-6-3-4-8-16(15)17/h3-4,6,8,13-14,17H,5,7,9-12H2,1-2H3,(H,19,21)/p+1/t13-,14-,17-/m1/s1. The minimum atomic E-state index is 0.165. The monoisotopic (exact) mass is 303 g/mol. The van der Waals surface area contributed by atoms with Crippen molar-refractivity contribution in [3.8, 4) is 0 Å². The van der Waals surface area contributed by atoms with Crippen molar-refractivity contribution in [3.05, 3.63) is 35.4 Å². The first-order chi connectivity index (χ1) is 10.6. The second-order valence-corrected chi connectivity index (χ2v) is 6.80. The molecule has 4 heteroatoms. The van der Waals surface area contributed by atoms with Gasteiger partial charge < -0.3 is 15.0 Å². The highest BCUT2D eigenvalue weighted by Crippen LogP contribution is 2.29. The van der Waals surface area contributed by atoms with Crippen LogP contribution in [-0.2, 0) is 16.0 Å². The van der Waals surface area contributed by atoms with E-state index in [2.05, 4.69) is 43.4 Å². The smallest absolute Gasteiger partial charge is 0.275 e. The van der Waals surface area contributed by atoms with Crippen LogP contribution < -0.4 is 10.2 Å². The van der Waals surface area contributed by atoms with Gasteiger partial charge >= 0.3 is 0 Å². The third kappa shape index (κ3) is 3.68. The Kier molecular flexibility index (Phi) is 4.79. The summed E-state index contributed by atoms with van der Waals surface area (Å²) in [6.07, 6.45) is 3.81. The highest BCUT2D eigenvalue weighted by atomic mass is 16.5. The summed E-state index contributed by atoms with van der Waals surface area (Å²) in [6, 6.07) is 8.69. The first kappa shape index (κ1) is 15.5. The largest absolute Gasteiger partial charge is 0.364 e. The number of carbonyl (C=O) groups excluding carboxylic acids is 1. The summed E-state index contributed by atoms with van der Waals surface area (Å²) in [5.41, 5.74) is 2.70. The first-order valence-electron chi connectivity index (χ1n) is 8.48. The van der Waals surface area contributed by atoms with Crippen LogP contribution in [0, 0.1) is 0 Å².